The largest absolute Gasteiger partial charge is 0.377 e. The minimum absolute atomic E-state index is 0.243. The van der Waals surface area contributed by atoms with Gasteiger partial charge in [-0.05, 0) is 88.9 Å². The molecular weight excluding hydrogens is 430 g/mol. The molecule has 4 N–H and O–H groups in total. The standard InChI is InChI=1S/C25H41N7O2/c1-2-11-27-12-5-18-34-20-21-6-7-23(28-19-21)29-24-10-17-32(25(33)30-24)14-4-3-13-31-15-8-22(26)9-16-31/h6-7,10,17,19,22,27H,2-5,8-9,11-16,18,20,26H2,1H3,(H,28,29,30,33). The molecule has 0 amide bonds. The molecule has 188 valence electrons. The van der Waals surface area contributed by atoms with Gasteiger partial charge in [0.1, 0.15) is 11.6 Å². The molecule has 2 aromatic heterocycles. The van der Waals surface area contributed by atoms with E-state index in [0.29, 0.717) is 30.8 Å². The van der Waals surface area contributed by atoms with E-state index < -0.39 is 0 Å². The summed E-state index contributed by atoms with van der Waals surface area (Å²) in [5.74, 6) is 1.15. The lowest BCUT2D eigenvalue weighted by atomic mass is 10.1. The molecule has 9 nitrogen and oxygen atoms in total. The number of nitrogens with two attached hydrogens (primary N) is 1. The van der Waals surface area contributed by atoms with Gasteiger partial charge in [-0.25, -0.2) is 9.78 Å². The van der Waals surface area contributed by atoms with Crippen molar-refractivity contribution in [3.63, 3.8) is 0 Å². The van der Waals surface area contributed by atoms with Crippen molar-refractivity contribution >= 4 is 11.6 Å². The maximum atomic E-state index is 12.4. The lowest BCUT2D eigenvalue weighted by molar-refractivity contribution is 0.118. The number of likely N-dealkylation sites (tertiary alicyclic amines) is 1. The molecule has 0 aromatic carbocycles. The van der Waals surface area contributed by atoms with Crippen LogP contribution in [0.25, 0.3) is 0 Å². The first-order valence-electron chi connectivity index (χ1n) is 12.7. The van der Waals surface area contributed by atoms with Crippen molar-refractivity contribution in [3.05, 3.63) is 46.6 Å². The molecule has 0 atom stereocenters. The van der Waals surface area contributed by atoms with Crippen LogP contribution in [0, 0.1) is 0 Å². The lowest BCUT2D eigenvalue weighted by Crippen LogP contribution is -2.40. The van der Waals surface area contributed by atoms with Crippen molar-refractivity contribution in [2.45, 2.75) is 64.6 Å². The Morgan fingerprint density at radius 2 is 1.91 bits per heavy atom. The first kappa shape index (κ1) is 26.3. The molecule has 0 bridgehead atoms. The zero-order valence-electron chi connectivity index (χ0n) is 20.5. The Morgan fingerprint density at radius 3 is 2.65 bits per heavy atom. The third-order valence-electron chi connectivity index (χ3n) is 6.05. The zero-order chi connectivity index (χ0) is 24.0. The first-order chi connectivity index (χ1) is 16.6. The second-order valence-electron chi connectivity index (χ2n) is 9.01. The highest BCUT2D eigenvalue weighted by molar-refractivity contribution is 5.50. The average Bonchev–Trinajstić information content (AvgIpc) is 2.84. The van der Waals surface area contributed by atoms with E-state index in [0.717, 1.165) is 83.4 Å². The SMILES string of the molecule is CCCNCCCOCc1ccc(Nc2ccn(CCCCN3CCC(N)CC3)c(=O)n2)nc1. The van der Waals surface area contributed by atoms with Gasteiger partial charge in [-0.15, -0.1) is 0 Å². The Bertz CT molecular complexity index is 880. The predicted molar refractivity (Wildman–Crippen MR) is 136 cm³/mol. The van der Waals surface area contributed by atoms with Crippen LogP contribution in [-0.2, 0) is 17.9 Å². The number of unbranched alkanes of at least 4 members (excludes halogenated alkanes) is 1. The Labute approximate surface area is 203 Å². The van der Waals surface area contributed by atoms with Crippen LogP contribution in [0.4, 0.5) is 11.6 Å². The van der Waals surface area contributed by atoms with Gasteiger partial charge in [-0.1, -0.05) is 13.0 Å². The molecule has 3 heterocycles. The summed E-state index contributed by atoms with van der Waals surface area (Å²) >= 11 is 0. The van der Waals surface area contributed by atoms with Crippen molar-refractivity contribution in [1.82, 2.24) is 24.8 Å². The quantitative estimate of drug-likeness (QED) is 0.340. The van der Waals surface area contributed by atoms with E-state index in [9.17, 15) is 4.79 Å². The minimum atomic E-state index is -0.243. The van der Waals surface area contributed by atoms with Gasteiger partial charge in [0.2, 0.25) is 0 Å². The summed E-state index contributed by atoms with van der Waals surface area (Å²) < 4.78 is 7.37. The summed E-state index contributed by atoms with van der Waals surface area (Å²) in [6.45, 7) is 9.38. The summed E-state index contributed by atoms with van der Waals surface area (Å²) in [5, 5.41) is 6.47. The van der Waals surface area contributed by atoms with Gasteiger partial charge in [0.15, 0.2) is 0 Å². The maximum Gasteiger partial charge on any atom is 0.349 e. The Hall–Kier alpha value is -2.33. The van der Waals surface area contributed by atoms with Gasteiger partial charge in [-0.3, -0.25) is 4.57 Å². The van der Waals surface area contributed by atoms with Gasteiger partial charge >= 0.3 is 5.69 Å². The van der Waals surface area contributed by atoms with E-state index in [1.165, 1.54) is 0 Å². The van der Waals surface area contributed by atoms with E-state index in [-0.39, 0.29) is 5.69 Å². The maximum absolute atomic E-state index is 12.4. The van der Waals surface area contributed by atoms with Gasteiger partial charge in [-0.2, -0.15) is 4.98 Å². The number of aryl methyl sites for hydroxylation is 1. The van der Waals surface area contributed by atoms with Gasteiger partial charge in [0, 0.05) is 31.6 Å². The fourth-order valence-electron chi connectivity index (χ4n) is 3.97. The van der Waals surface area contributed by atoms with Crippen LogP contribution in [0.3, 0.4) is 0 Å². The van der Waals surface area contributed by atoms with Crippen LogP contribution >= 0.6 is 0 Å². The fourth-order valence-corrected chi connectivity index (χ4v) is 3.97. The van der Waals surface area contributed by atoms with E-state index in [4.69, 9.17) is 10.5 Å². The zero-order valence-corrected chi connectivity index (χ0v) is 20.5. The number of pyridine rings is 1. The van der Waals surface area contributed by atoms with E-state index in [1.807, 2.05) is 18.2 Å². The molecular formula is C25H41N7O2. The van der Waals surface area contributed by atoms with Crippen molar-refractivity contribution < 1.29 is 4.74 Å². The summed E-state index contributed by atoms with van der Waals surface area (Å²) in [5.41, 5.74) is 6.74. The Balaban J connectivity index is 1.35. The Kier molecular flexibility index (Phi) is 11.5. The summed E-state index contributed by atoms with van der Waals surface area (Å²) in [6, 6.07) is 6.03. The van der Waals surface area contributed by atoms with E-state index in [1.54, 1.807) is 17.0 Å². The predicted octanol–water partition coefficient (Wildman–Crippen LogP) is 2.49. The molecule has 2 aromatic rings. The van der Waals surface area contributed by atoms with Crippen LogP contribution in [0.15, 0.2) is 35.4 Å². The molecule has 34 heavy (non-hydrogen) atoms. The van der Waals surface area contributed by atoms with Crippen LogP contribution < -0.4 is 22.1 Å². The second-order valence-corrected chi connectivity index (χ2v) is 9.01. The first-order valence-corrected chi connectivity index (χ1v) is 12.7. The summed E-state index contributed by atoms with van der Waals surface area (Å²) in [6.07, 6.45) is 9.92. The highest BCUT2D eigenvalue weighted by atomic mass is 16.5. The summed E-state index contributed by atoms with van der Waals surface area (Å²) in [4.78, 5) is 23.4. The number of piperidine rings is 1. The van der Waals surface area contributed by atoms with Gasteiger partial charge in [0.25, 0.3) is 0 Å². The van der Waals surface area contributed by atoms with Gasteiger partial charge < -0.3 is 26.0 Å². The molecule has 1 aliphatic rings. The molecule has 0 saturated carbocycles. The third kappa shape index (κ3) is 9.50. The molecule has 0 aliphatic carbocycles. The molecule has 1 saturated heterocycles. The normalized spacial score (nSPS) is 15.0. The minimum Gasteiger partial charge on any atom is -0.377 e. The second kappa shape index (κ2) is 14.8. The third-order valence-corrected chi connectivity index (χ3v) is 6.05. The van der Waals surface area contributed by atoms with Crippen molar-refractivity contribution in [1.29, 1.82) is 0 Å². The molecule has 0 unspecified atom stereocenters. The highest BCUT2D eigenvalue weighted by Gasteiger charge is 2.15. The number of rotatable bonds is 15. The molecule has 9 heteroatoms. The van der Waals surface area contributed by atoms with Crippen LogP contribution in [0.2, 0.25) is 0 Å². The molecule has 1 aliphatic heterocycles. The molecule has 0 radical (unpaired) electrons. The number of ether oxygens (including phenoxy) is 1. The molecule has 3 rings (SSSR count). The number of nitrogens with zero attached hydrogens (tertiary/aromatic N) is 4. The smallest absolute Gasteiger partial charge is 0.349 e. The van der Waals surface area contributed by atoms with Crippen LogP contribution in [0.1, 0.15) is 51.0 Å². The Morgan fingerprint density at radius 1 is 1.09 bits per heavy atom. The highest BCUT2D eigenvalue weighted by Crippen LogP contribution is 2.12. The topological polar surface area (TPSA) is 110 Å². The number of hydrogen-bond acceptors (Lipinski definition) is 8. The lowest BCUT2D eigenvalue weighted by Gasteiger charge is -2.29. The molecule has 0 spiro atoms. The fraction of sp³-hybridized carbons (Fsp3) is 0.640. The van der Waals surface area contributed by atoms with Crippen molar-refractivity contribution in [2.24, 2.45) is 5.73 Å². The monoisotopic (exact) mass is 471 g/mol. The summed E-state index contributed by atoms with van der Waals surface area (Å²) in [7, 11) is 0. The number of hydrogen-bond donors (Lipinski definition) is 3. The van der Waals surface area contributed by atoms with Crippen molar-refractivity contribution in [3.8, 4) is 0 Å². The number of nitrogens with one attached hydrogen (secondary N) is 2. The molecule has 1 fully saturated rings. The van der Waals surface area contributed by atoms with Crippen molar-refractivity contribution in [2.75, 3.05) is 44.6 Å². The number of aromatic nitrogens is 3. The average molecular weight is 472 g/mol. The van der Waals surface area contributed by atoms with E-state index in [2.05, 4.69) is 32.4 Å². The van der Waals surface area contributed by atoms with Crippen LogP contribution in [0.5, 0.6) is 0 Å². The van der Waals surface area contributed by atoms with Crippen LogP contribution in [-0.4, -0.2) is 64.8 Å². The van der Waals surface area contributed by atoms with E-state index >= 15 is 0 Å². The van der Waals surface area contributed by atoms with Gasteiger partial charge in [0.05, 0.1) is 6.61 Å². The number of anilines is 2.